The second kappa shape index (κ2) is 5.54. The number of anilines is 2. The van der Waals surface area contributed by atoms with Crippen LogP contribution in [0.15, 0.2) is 42.9 Å². The number of rotatable bonds is 4. The van der Waals surface area contributed by atoms with Gasteiger partial charge >= 0.3 is 0 Å². The number of alkyl halides is 1. The second-order valence-electron chi connectivity index (χ2n) is 3.35. The Balaban J connectivity index is 2.11. The molecule has 0 saturated heterocycles. The Hall–Kier alpha value is -1.75. The van der Waals surface area contributed by atoms with Crippen molar-refractivity contribution in [3.8, 4) is 0 Å². The highest BCUT2D eigenvalue weighted by Gasteiger charge is 2.03. The van der Waals surface area contributed by atoms with Gasteiger partial charge in [0.05, 0.1) is 11.5 Å². The van der Waals surface area contributed by atoms with E-state index in [1.54, 1.807) is 30.7 Å². The highest BCUT2D eigenvalue weighted by molar-refractivity contribution is 9.09. The van der Waals surface area contributed by atoms with E-state index < -0.39 is 0 Å². The minimum absolute atomic E-state index is 0.0658. The van der Waals surface area contributed by atoms with Gasteiger partial charge < -0.3 is 5.32 Å². The second-order valence-corrected chi connectivity index (χ2v) is 3.91. The van der Waals surface area contributed by atoms with Crippen LogP contribution >= 0.6 is 15.9 Å². The summed E-state index contributed by atoms with van der Waals surface area (Å²) >= 11 is 3.14. The van der Waals surface area contributed by atoms with Gasteiger partial charge in [-0.1, -0.05) is 15.9 Å². The highest BCUT2D eigenvalue weighted by Crippen LogP contribution is 2.14. The Bertz CT molecular complexity index is 499. The molecule has 1 heterocycles. The van der Waals surface area contributed by atoms with Crippen LogP contribution in [0.3, 0.4) is 0 Å². The average molecular weight is 292 g/mol. The van der Waals surface area contributed by atoms with Crippen molar-refractivity contribution >= 4 is 33.2 Å². The summed E-state index contributed by atoms with van der Waals surface area (Å²) in [7, 11) is 0. The summed E-state index contributed by atoms with van der Waals surface area (Å²) in [4.78, 5) is 19.4. The molecular weight excluding hydrogens is 282 g/mol. The molecule has 0 aliphatic heterocycles. The Kier molecular flexibility index (Phi) is 3.82. The van der Waals surface area contributed by atoms with E-state index in [2.05, 4.69) is 31.2 Å². The van der Waals surface area contributed by atoms with Crippen molar-refractivity contribution in [1.29, 1.82) is 0 Å². The first kappa shape index (κ1) is 11.7. The lowest BCUT2D eigenvalue weighted by molar-refractivity contribution is 0.102. The fourth-order valence-electron chi connectivity index (χ4n) is 1.33. The van der Waals surface area contributed by atoms with Crippen molar-refractivity contribution in [2.45, 2.75) is 0 Å². The predicted molar refractivity (Wildman–Crippen MR) is 69.9 cm³/mol. The number of hydrogen-bond donors (Lipinski definition) is 1. The van der Waals surface area contributed by atoms with Crippen molar-refractivity contribution < 1.29 is 4.79 Å². The molecular formula is C12H10BrN3O. The van der Waals surface area contributed by atoms with Gasteiger partial charge in [0, 0.05) is 23.6 Å². The number of halogens is 1. The highest BCUT2D eigenvalue weighted by atomic mass is 79.9. The van der Waals surface area contributed by atoms with Gasteiger partial charge in [-0.15, -0.1) is 0 Å². The smallest absolute Gasteiger partial charge is 0.173 e. The van der Waals surface area contributed by atoms with Gasteiger partial charge in [-0.2, -0.15) is 0 Å². The van der Waals surface area contributed by atoms with Crippen molar-refractivity contribution in [2.75, 3.05) is 10.6 Å². The number of hydrogen-bond acceptors (Lipinski definition) is 4. The lowest BCUT2D eigenvalue weighted by atomic mass is 10.1. The monoisotopic (exact) mass is 291 g/mol. The van der Waals surface area contributed by atoms with E-state index in [1.165, 1.54) is 0 Å². The maximum atomic E-state index is 11.4. The molecule has 0 bridgehead atoms. The minimum Gasteiger partial charge on any atom is -0.339 e. The van der Waals surface area contributed by atoms with Gasteiger partial charge in [-0.05, 0) is 24.3 Å². The predicted octanol–water partition coefficient (Wildman–Crippen LogP) is 2.80. The molecule has 1 N–H and O–H groups in total. The maximum absolute atomic E-state index is 11.4. The number of ketones is 1. The number of benzene rings is 1. The Morgan fingerprint density at radius 3 is 2.59 bits per heavy atom. The van der Waals surface area contributed by atoms with E-state index in [9.17, 15) is 4.79 Å². The van der Waals surface area contributed by atoms with Gasteiger partial charge in [-0.25, -0.2) is 4.98 Å². The van der Waals surface area contributed by atoms with E-state index in [0.29, 0.717) is 16.7 Å². The minimum atomic E-state index is 0.0658. The molecule has 2 rings (SSSR count). The van der Waals surface area contributed by atoms with Crippen LogP contribution in [0.5, 0.6) is 0 Å². The molecule has 1 aromatic heterocycles. The number of Topliss-reactive ketones (excluding diaryl/α,β-unsaturated/α-hetero) is 1. The Labute approximate surface area is 107 Å². The largest absolute Gasteiger partial charge is 0.339 e. The third-order valence-electron chi connectivity index (χ3n) is 2.16. The van der Waals surface area contributed by atoms with Crippen molar-refractivity contribution in [3.63, 3.8) is 0 Å². The number of aromatic nitrogens is 2. The van der Waals surface area contributed by atoms with Crippen LogP contribution in [-0.2, 0) is 0 Å². The van der Waals surface area contributed by atoms with Crippen LogP contribution in [0.2, 0.25) is 0 Å². The molecule has 1 aromatic carbocycles. The zero-order chi connectivity index (χ0) is 12.1. The van der Waals surface area contributed by atoms with Crippen molar-refractivity contribution in [3.05, 3.63) is 48.4 Å². The van der Waals surface area contributed by atoms with E-state index in [4.69, 9.17) is 0 Å². The molecule has 0 aliphatic rings. The molecule has 0 amide bonds. The van der Waals surface area contributed by atoms with Crippen LogP contribution in [0.1, 0.15) is 10.4 Å². The zero-order valence-electron chi connectivity index (χ0n) is 8.93. The number of carbonyl (C=O) groups excluding carboxylic acids is 1. The van der Waals surface area contributed by atoms with E-state index >= 15 is 0 Å². The lowest BCUT2D eigenvalue weighted by Crippen LogP contribution is -2.00. The third kappa shape index (κ3) is 3.10. The quantitative estimate of drug-likeness (QED) is 0.695. The first-order valence-electron chi connectivity index (χ1n) is 5.02. The fraction of sp³-hybridized carbons (Fsp3) is 0.0833. The van der Waals surface area contributed by atoms with Crippen LogP contribution in [0.25, 0.3) is 0 Å². The molecule has 0 aliphatic carbocycles. The van der Waals surface area contributed by atoms with Gasteiger partial charge in [0.15, 0.2) is 5.78 Å². The Morgan fingerprint density at radius 2 is 2.00 bits per heavy atom. The van der Waals surface area contributed by atoms with E-state index in [1.807, 2.05) is 12.1 Å². The molecule has 5 heteroatoms. The summed E-state index contributed by atoms with van der Waals surface area (Å²) in [5.41, 5.74) is 1.56. The van der Waals surface area contributed by atoms with Crippen LogP contribution in [0, 0.1) is 0 Å². The summed E-state index contributed by atoms with van der Waals surface area (Å²) in [6.07, 6.45) is 4.87. The third-order valence-corrected chi connectivity index (χ3v) is 2.67. The van der Waals surface area contributed by atoms with Crippen LogP contribution < -0.4 is 5.32 Å². The first-order chi connectivity index (χ1) is 8.29. The molecule has 0 unspecified atom stereocenters. The standard InChI is InChI=1S/C12H10BrN3O/c13-7-11(17)9-1-3-10(4-2-9)16-12-8-14-5-6-15-12/h1-6,8H,7H2,(H,15,16). The van der Waals surface area contributed by atoms with Gasteiger partial charge in [-0.3, -0.25) is 9.78 Å². The molecule has 0 fully saturated rings. The van der Waals surface area contributed by atoms with Crippen molar-refractivity contribution in [2.24, 2.45) is 0 Å². The summed E-state index contributed by atoms with van der Waals surface area (Å²) in [5, 5.41) is 3.43. The summed E-state index contributed by atoms with van der Waals surface area (Å²) < 4.78 is 0. The number of nitrogens with one attached hydrogen (secondary N) is 1. The fourth-order valence-corrected chi connectivity index (χ4v) is 1.65. The molecule has 0 radical (unpaired) electrons. The topological polar surface area (TPSA) is 54.9 Å². The van der Waals surface area contributed by atoms with Gasteiger partial charge in [0.2, 0.25) is 0 Å². The molecule has 0 spiro atoms. The first-order valence-corrected chi connectivity index (χ1v) is 6.14. The molecule has 17 heavy (non-hydrogen) atoms. The van der Waals surface area contributed by atoms with Crippen LogP contribution in [0.4, 0.5) is 11.5 Å². The molecule has 2 aromatic rings. The summed E-state index contributed by atoms with van der Waals surface area (Å²) in [5.74, 6) is 0.739. The summed E-state index contributed by atoms with van der Waals surface area (Å²) in [6, 6.07) is 7.24. The van der Waals surface area contributed by atoms with E-state index in [-0.39, 0.29) is 5.78 Å². The van der Waals surface area contributed by atoms with E-state index in [0.717, 1.165) is 5.69 Å². The van der Waals surface area contributed by atoms with Crippen molar-refractivity contribution in [1.82, 2.24) is 9.97 Å². The van der Waals surface area contributed by atoms with Gasteiger partial charge in [0.1, 0.15) is 5.82 Å². The zero-order valence-corrected chi connectivity index (χ0v) is 10.5. The van der Waals surface area contributed by atoms with Gasteiger partial charge in [0.25, 0.3) is 0 Å². The molecule has 0 saturated carbocycles. The normalized spacial score (nSPS) is 9.94. The number of carbonyl (C=O) groups is 1. The van der Waals surface area contributed by atoms with Crippen LogP contribution in [-0.4, -0.2) is 21.1 Å². The lowest BCUT2D eigenvalue weighted by Gasteiger charge is -2.05. The molecule has 4 nitrogen and oxygen atoms in total. The average Bonchev–Trinajstić information content (AvgIpc) is 2.40. The maximum Gasteiger partial charge on any atom is 0.173 e. The number of nitrogens with zero attached hydrogens (tertiary/aromatic N) is 2. The Morgan fingerprint density at radius 1 is 1.24 bits per heavy atom. The molecule has 0 atom stereocenters. The summed E-state index contributed by atoms with van der Waals surface area (Å²) in [6.45, 7) is 0. The SMILES string of the molecule is O=C(CBr)c1ccc(Nc2cnccn2)cc1. The molecule has 86 valence electrons.